The fraction of sp³-hybridized carbons (Fsp3) is 0.0233. The number of fused-ring (bicyclic) bond motifs is 3. The van der Waals surface area contributed by atoms with Crippen molar-refractivity contribution in [1.82, 2.24) is 19.9 Å². The number of nitrogens with zero attached hydrogens (tertiary/aromatic N) is 4. The molecule has 1 atom stereocenters. The average molecular weight is 662 g/mol. The van der Waals surface area contributed by atoms with E-state index in [0.717, 1.165) is 78.4 Å². The van der Waals surface area contributed by atoms with Gasteiger partial charge in [0.05, 0.1) is 17.1 Å². The second-order valence-electron chi connectivity index (χ2n) is 12.4. The Morgan fingerprint density at radius 3 is 1.92 bits per heavy atom. The van der Waals surface area contributed by atoms with Gasteiger partial charge in [-0.25, -0.2) is 15.0 Å². The number of benzene rings is 5. The van der Waals surface area contributed by atoms with Crippen LogP contribution in [0.1, 0.15) is 11.8 Å². The lowest BCUT2D eigenvalue weighted by Crippen LogP contribution is -2.09. The number of aromatic nitrogens is 4. The van der Waals surface area contributed by atoms with Gasteiger partial charge in [-0.3, -0.25) is 4.98 Å². The van der Waals surface area contributed by atoms with E-state index in [9.17, 15) is 0 Å². The van der Waals surface area contributed by atoms with E-state index in [1.165, 1.54) is 0 Å². The highest BCUT2D eigenvalue weighted by Crippen LogP contribution is 2.39. The number of oxazole rings is 2. The first-order valence-corrected chi connectivity index (χ1v) is 16.6. The Kier molecular flexibility index (Phi) is 6.70. The highest BCUT2D eigenvalue weighted by molar-refractivity contribution is 5.84. The van der Waals surface area contributed by atoms with Crippen molar-refractivity contribution in [3.05, 3.63) is 157 Å². The van der Waals surface area contributed by atoms with Crippen LogP contribution < -0.4 is 10.1 Å². The molecule has 0 saturated heterocycles. The summed E-state index contributed by atoms with van der Waals surface area (Å²) in [5, 5.41) is 3.45. The molecule has 51 heavy (non-hydrogen) atoms. The molecule has 5 aromatic carbocycles. The molecule has 1 N–H and O–H groups in total. The third kappa shape index (κ3) is 5.35. The maximum absolute atomic E-state index is 6.42. The summed E-state index contributed by atoms with van der Waals surface area (Å²) >= 11 is 0. The molecule has 242 valence electrons. The van der Waals surface area contributed by atoms with E-state index in [0.29, 0.717) is 17.4 Å². The highest BCUT2D eigenvalue weighted by Gasteiger charge is 2.23. The molecule has 8 heteroatoms. The van der Waals surface area contributed by atoms with Crippen LogP contribution in [0.2, 0.25) is 0 Å². The maximum Gasteiger partial charge on any atom is 0.227 e. The normalized spacial score (nSPS) is 13.6. The largest absolute Gasteiger partial charge is 0.464 e. The summed E-state index contributed by atoms with van der Waals surface area (Å²) in [6.45, 7) is 0. The molecule has 5 heterocycles. The highest BCUT2D eigenvalue weighted by atomic mass is 16.5. The van der Waals surface area contributed by atoms with Crippen molar-refractivity contribution < 1.29 is 13.6 Å². The number of hydrogen-bond donors (Lipinski definition) is 1. The van der Waals surface area contributed by atoms with Gasteiger partial charge < -0.3 is 18.9 Å². The van der Waals surface area contributed by atoms with Crippen molar-refractivity contribution in [3.8, 4) is 62.3 Å². The Morgan fingerprint density at radius 2 is 1.16 bits per heavy atom. The smallest absolute Gasteiger partial charge is 0.227 e. The zero-order valence-electron chi connectivity index (χ0n) is 27.0. The molecule has 1 aliphatic heterocycles. The van der Waals surface area contributed by atoms with Crippen LogP contribution in [-0.2, 0) is 0 Å². The first-order chi connectivity index (χ1) is 25.2. The molecule has 0 saturated carbocycles. The third-order valence-corrected chi connectivity index (χ3v) is 9.10. The molecule has 0 bridgehead atoms. The number of anilines is 1. The molecule has 0 spiro atoms. The molecule has 0 aliphatic carbocycles. The van der Waals surface area contributed by atoms with Gasteiger partial charge in [0.2, 0.25) is 11.8 Å². The molecule has 0 fully saturated rings. The van der Waals surface area contributed by atoms with Crippen LogP contribution in [0, 0.1) is 0 Å². The van der Waals surface area contributed by atoms with E-state index >= 15 is 0 Å². The number of pyridine rings is 2. The van der Waals surface area contributed by atoms with Gasteiger partial charge in [0.1, 0.15) is 16.8 Å². The standard InChI is InChI=1S/C43H27N5O3/c1-3-9-38-33(7-1)46-41(49-38)28-15-11-26(12-16-28)36-22-32(43-48-35-20-19-30(24-40(35)51-43)31-6-5-21-44-25-31)23-37(45-36)27-13-17-29(18-14-27)42-47-34-8-2-4-10-39(34)50-42/h1-25,41,46H. The van der Waals surface area contributed by atoms with Crippen LogP contribution in [0.5, 0.6) is 5.75 Å². The summed E-state index contributed by atoms with van der Waals surface area (Å²) in [6.07, 6.45) is 3.35. The molecule has 8 nitrogen and oxygen atoms in total. The summed E-state index contributed by atoms with van der Waals surface area (Å²) in [5.41, 5.74) is 12.2. The van der Waals surface area contributed by atoms with E-state index in [1.807, 2.05) is 121 Å². The molecule has 0 radical (unpaired) electrons. The Morgan fingerprint density at radius 1 is 0.490 bits per heavy atom. The fourth-order valence-electron chi connectivity index (χ4n) is 6.46. The van der Waals surface area contributed by atoms with Crippen molar-refractivity contribution >= 4 is 27.9 Å². The predicted molar refractivity (Wildman–Crippen MR) is 198 cm³/mol. The van der Waals surface area contributed by atoms with Gasteiger partial charge in [0, 0.05) is 45.8 Å². The number of rotatable bonds is 6. The Bertz CT molecular complexity index is 2640. The van der Waals surface area contributed by atoms with E-state index < -0.39 is 0 Å². The number of para-hydroxylation sites is 4. The summed E-state index contributed by atoms with van der Waals surface area (Å²) in [5.74, 6) is 1.93. The summed E-state index contributed by atoms with van der Waals surface area (Å²) < 4.78 is 18.6. The minimum Gasteiger partial charge on any atom is -0.464 e. The second-order valence-corrected chi connectivity index (χ2v) is 12.4. The van der Waals surface area contributed by atoms with E-state index in [2.05, 4.69) is 39.6 Å². The number of nitrogens with one attached hydrogen (secondary N) is 1. The van der Waals surface area contributed by atoms with E-state index in [1.54, 1.807) is 6.20 Å². The topological polar surface area (TPSA) is 99.1 Å². The van der Waals surface area contributed by atoms with Crippen LogP contribution >= 0.6 is 0 Å². The molecular formula is C43H27N5O3. The molecule has 1 aliphatic rings. The molecule has 1 unspecified atom stereocenters. The van der Waals surface area contributed by atoms with Gasteiger partial charge in [-0.2, -0.15) is 0 Å². The number of ether oxygens (including phenoxy) is 1. The van der Waals surface area contributed by atoms with Crippen molar-refractivity contribution in [2.45, 2.75) is 6.23 Å². The Hall–Kier alpha value is -7.06. The van der Waals surface area contributed by atoms with Gasteiger partial charge in [0.25, 0.3) is 0 Å². The lowest BCUT2D eigenvalue weighted by molar-refractivity contribution is 0.260. The summed E-state index contributed by atoms with van der Waals surface area (Å²) in [7, 11) is 0. The lowest BCUT2D eigenvalue weighted by atomic mass is 10.0. The van der Waals surface area contributed by atoms with Crippen molar-refractivity contribution in [3.63, 3.8) is 0 Å². The first-order valence-electron chi connectivity index (χ1n) is 16.6. The molecule has 9 aromatic rings. The second kappa shape index (κ2) is 11.8. The average Bonchev–Trinajstić information content (AvgIpc) is 3.95. The Labute approximate surface area is 292 Å². The molecule has 10 rings (SSSR count). The minimum atomic E-state index is -0.262. The molecule has 4 aromatic heterocycles. The van der Waals surface area contributed by atoms with Gasteiger partial charge in [-0.05, 0) is 72.3 Å². The minimum absolute atomic E-state index is 0.262. The van der Waals surface area contributed by atoms with Crippen LogP contribution in [0.3, 0.4) is 0 Å². The quantitative estimate of drug-likeness (QED) is 0.188. The first kappa shape index (κ1) is 28.9. The monoisotopic (exact) mass is 661 g/mol. The third-order valence-electron chi connectivity index (χ3n) is 9.10. The van der Waals surface area contributed by atoms with Crippen molar-refractivity contribution in [2.75, 3.05) is 5.32 Å². The lowest BCUT2D eigenvalue weighted by Gasteiger charge is -2.13. The Balaban J connectivity index is 1.03. The van der Waals surface area contributed by atoms with Crippen LogP contribution in [0.25, 0.3) is 78.7 Å². The van der Waals surface area contributed by atoms with Crippen LogP contribution in [0.4, 0.5) is 5.69 Å². The SMILES string of the molecule is c1cncc(-c2ccc3nc(-c4cc(-c5ccc(-c6nc7ccccc7o6)cc5)nc(-c5ccc(C6Nc7ccccc7O6)cc5)c4)oc3c2)c1. The number of hydrogen-bond acceptors (Lipinski definition) is 8. The molecule has 0 amide bonds. The van der Waals surface area contributed by atoms with Crippen LogP contribution in [-0.4, -0.2) is 19.9 Å². The zero-order chi connectivity index (χ0) is 33.7. The van der Waals surface area contributed by atoms with Crippen molar-refractivity contribution in [1.29, 1.82) is 0 Å². The van der Waals surface area contributed by atoms with Gasteiger partial charge >= 0.3 is 0 Å². The fourth-order valence-corrected chi connectivity index (χ4v) is 6.46. The van der Waals surface area contributed by atoms with Gasteiger partial charge in [0.15, 0.2) is 17.4 Å². The predicted octanol–water partition coefficient (Wildman–Crippen LogP) is 10.6. The van der Waals surface area contributed by atoms with Crippen molar-refractivity contribution in [2.24, 2.45) is 0 Å². The van der Waals surface area contributed by atoms with Gasteiger partial charge in [-0.15, -0.1) is 0 Å². The summed E-state index contributed by atoms with van der Waals surface area (Å²) in [4.78, 5) is 19.0. The maximum atomic E-state index is 6.42. The molecular weight excluding hydrogens is 635 g/mol. The summed E-state index contributed by atoms with van der Waals surface area (Å²) in [6, 6.07) is 46.1. The van der Waals surface area contributed by atoms with E-state index in [4.69, 9.17) is 23.5 Å². The van der Waals surface area contributed by atoms with Crippen LogP contribution in [0.15, 0.2) is 161 Å². The van der Waals surface area contributed by atoms with Gasteiger partial charge in [-0.1, -0.05) is 72.8 Å². The van der Waals surface area contributed by atoms with E-state index in [-0.39, 0.29) is 6.23 Å². The zero-order valence-corrected chi connectivity index (χ0v) is 27.0.